The molecular formula is C27H28FN5O3. The van der Waals surface area contributed by atoms with Crippen molar-refractivity contribution in [3.8, 4) is 0 Å². The first-order chi connectivity index (χ1) is 17.4. The number of carbonyl (C=O) groups is 2. The van der Waals surface area contributed by atoms with Gasteiger partial charge in [-0.15, -0.1) is 5.10 Å². The average Bonchev–Trinajstić information content (AvgIpc) is 3.28. The van der Waals surface area contributed by atoms with Crippen LogP contribution in [0.25, 0.3) is 11.0 Å². The SMILES string of the molecule is COCCNC(=O)[C@@H](c1ccc(F)cc1)N(C(=O)Cn1nnc2ccccc21)c1cccc(C)c1C. The zero-order valence-corrected chi connectivity index (χ0v) is 20.4. The number of hydrogen-bond acceptors (Lipinski definition) is 5. The molecule has 186 valence electrons. The molecule has 0 saturated heterocycles. The molecule has 3 aromatic carbocycles. The van der Waals surface area contributed by atoms with Crippen LogP contribution in [0.3, 0.4) is 0 Å². The summed E-state index contributed by atoms with van der Waals surface area (Å²) in [5.41, 5.74) is 4.25. The molecule has 4 rings (SSSR count). The molecular weight excluding hydrogens is 461 g/mol. The molecule has 0 saturated carbocycles. The standard InChI is InChI=1S/C27H28FN5O3/c1-18-7-6-10-23(19(18)2)33(25(34)17-32-24-9-5-4-8-22(24)30-31-32)26(27(35)29-15-16-36-3)20-11-13-21(28)14-12-20/h4-14,26H,15-17H2,1-3H3,(H,29,35)/t26-/m1/s1. The Morgan fingerprint density at radius 1 is 1.06 bits per heavy atom. The number of nitrogens with zero attached hydrogens (tertiary/aromatic N) is 4. The summed E-state index contributed by atoms with van der Waals surface area (Å²) in [6.45, 7) is 4.27. The summed E-state index contributed by atoms with van der Waals surface area (Å²) in [6, 6.07) is 17.5. The van der Waals surface area contributed by atoms with Crippen LogP contribution in [0.4, 0.5) is 10.1 Å². The van der Waals surface area contributed by atoms with Gasteiger partial charge in [-0.25, -0.2) is 9.07 Å². The largest absolute Gasteiger partial charge is 0.383 e. The van der Waals surface area contributed by atoms with Crippen molar-refractivity contribution in [2.45, 2.75) is 26.4 Å². The number of ether oxygens (including phenoxy) is 1. The Balaban J connectivity index is 1.81. The number of fused-ring (bicyclic) bond motifs is 1. The van der Waals surface area contributed by atoms with Crippen LogP contribution < -0.4 is 10.2 Å². The number of methoxy groups -OCH3 is 1. The number of anilines is 1. The number of halogens is 1. The highest BCUT2D eigenvalue weighted by molar-refractivity contribution is 6.02. The molecule has 1 N–H and O–H groups in total. The monoisotopic (exact) mass is 489 g/mol. The summed E-state index contributed by atoms with van der Waals surface area (Å²) in [5.74, 6) is -1.21. The number of aryl methyl sites for hydroxylation is 1. The van der Waals surface area contributed by atoms with Gasteiger partial charge in [-0.05, 0) is 60.9 Å². The molecule has 1 heterocycles. The van der Waals surface area contributed by atoms with Gasteiger partial charge in [0, 0.05) is 19.3 Å². The van der Waals surface area contributed by atoms with Crippen LogP contribution in [-0.2, 0) is 20.9 Å². The summed E-state index contributed by atoms with van der Waals surface area (Å²) < 4.78 is 20.4. The van der Waals surface area contributed by atoms with Crippen molar-refractivity contribution in [2.75, 3.05) is 25.2 Å². The molecule has 0 spiro atoms. The van der Waals surface area contributed by atoms with Crippen molar-refractivity contribution < 1.29 is 18.7 Å². The Bertz CT molecular complexity index is 1370. The van der Waals surface area contributed by atoms with E-state index in [9.17, 15) is 14.0 Å². The third-order valence-electron chi connectivity index (χ3n) is 6.11. The van der Waals surface area contributed by atoms with Crippen LogP contribution in [0.5, 0.6) is 0 Å². The van der Waals surface area contributed by atoms with E-state index in [4.69, 9.17) is 4.74 Å². The van der Waals surface area contributed by atoms with Gasteiger partial charge in [0.25, 0.3) is 0 Å². The third-order valence-corrected chi connectivity index (χ3v) is 6.11. The molecule has 0 aliphatic heterocycles. The molecule has 9 heteroatoms. The van der Waals surface area contributed by atoms with Crippen LogP contribution >= 0.6 is 0 Å². The molecule has 0 bridgehead atoms. The summed E-state index contributed by atoms with van der Waals surface area (Å²) in [5, 5.41) is 11.1. The minimum Gasteiger partial charge on any atom is -0.383 e. The van der Waals surface area contributed by atoms with Gasteiger partial charge < -0.3 is 10.1 Å². The Hall–Kier alpha value is -4.11. The number of rotatable bonds is 9. The Morgan fingerprint density at radius 2 is 1.81 bits per heavy atom. The Kier molecular flexibility index (Phi) is 7.70. The Labute approximate surface area is 208 Å². The van der Waals surface area contributed by atoms with Crippen LogP contribution in [0, 0.1) is 19.7 Å². The second-order valence-electron chi connectivity index (χ2n) is 8.46. The maximum Gasteiger partial charge on any atom is 0.249 e. The normalized spacial score (nSPS) is 11.9. The number of benzene rings is 3. The lowest BCUT2D eigenvalue weighted by Gasteiger charge is -2.33. The lowest BCUT2D eigenvalue weighted by atomic mass is 10.00. The van der Waals surface area contributed by atoms with Crippen molar-refractivity contribution >= 4 is 28.5 Å². The van der Waals surface area contributed by atoms with E-state index < -0.39 is 17.8 Å². The van der Waals surface area contributed by atoms with Gasteiger partial charge in [0.1, 0.15) is 23.9 Å². The highest BCUT2D eigenvalue weighted by Gasteiger charge is 2.34. The predicted octanol–water partition coefficient (Wildman–Crippen LogP) is 3.72. The van der Waals surface area contributed by atoms with Gasteiger partial charge in [-0.1, -0.05) is 41.6 Å². The molecule has 0 aliphatic carbocycles. The first-order valence-electron chi connectivity index (χ1n) is 11.6. The van der Waals surface area contributed by atoms with Gasteiger partial charge >= 0.3 is 0 Å². The van der Waals surface area contributed by atoms with Gasteiger partial charge in [0.2, 0.25) is 11.8 Å². The topological polar surface area (TPSA) is 89.4 Å². The average molecular weight is 490 g/mol. The molecule has 0 unspecified atom stereocenters. The number of amides is 2. The fourth-order valence-electron chi connectivity index (χ4n) is 4.09. The van der Waals surface area contributed by atoms with Crippen LogP contribution in [0.2, 0.25) is 0 Å². The lowest BCUT2D eigenvalue weighted by Crippen LogP contribution is -2.46. The summed E-state index contributed by atoms with van der Waals surface area (Å²) in [7, 11) is 1.54. The second kappa shape index (κ2) is 11.1. The summed E-state index contributed by atoms with van der Waals surface area (Å²) >= 11 is 0. The number of nitrogens with one attached hydrogen (secondary N) is 1. The highest BCUT2D eigenvalue weighted by atomic mass is 19.1. The van der Waals surface area contributed by atoms with Crippen molar-refractivity contribution in [2.24, 2.45) is 0 Å². The highest BCUT2D eigenvalue weighted by Crippen LogP contribution is 2.32. The first-order valence-corrected chi connectivity index (χ1v) is 11.6. The third kappa shape index (κ3) is 5.26. The fourth-order valence-corrected chi connectivity index (χ4v) is 4.09. The first kappa shape index (κ1) is 25.0. The smallest absolute Gasteiger partial charge is 0.249 e. The van der Waals surface area contributed by atoms with Gasteiger partial charge in [0.05, 0.1) is 12.1 Å². The van der Waals surface area contributed by atoms with E-state index in [2.05, 4.69) is 15.6 Å². The van der Waals surface area contributed by atoms with Crippen LogP contribution in [-0.4, -0.2) is 47.1 Å². The number of para-hydroxylation sites is 1. The van der Waals surface area contributed by atoms with Crippen molar-refractivity contribution in [3.63, 3.8) is 0 Å². The lowest BCUT2D eigenvalue weighted by molar-refractivity contribution is -0.127. The maximum atomic E-state index is 14.0. The predicted molar refractivity (Wildman–Crippen MR) is 135 cm³/mol. The molecule has 2 amide bonds. The minimum atomic E-state index is -1.05. The van der Waals surface area contributed by atoms with E-state index >= 15 is 0 Å². The molecule has 8 nitrogen and oxygen atoms in total. The van der Waals surface area contributed by atoms with E-state index in [1.807, 2.05) is 50.2 Å². The van der Waals surface area contributed by atoms with E-state index in [0.717, 1.165) is 11.1 Å². The summed E-state index contributed by atoms with van der Waals surface area (Å²) in [4.78, 5) is 29.0. The molecule has 4 aromatic rings. The Morgan fingerprint density at radius 3 is 2.56 bits per heavy atom. The number of aromatic nitrogens is 3. The minimum absolute atomic E-state index is 0.142. The molecule has 0 fully saturated rings. The maximum absolute atomic E-state index is 14.0. The molecule has 0 radical (unpaired) electrons. The second-order valence-corrected chi connectivity index (χ2v) is 8.46. The fraction of sp³-hybridized carbons (Fsp3) is 0.259. The van der Waals surface area contributed by atoms with Crippen LogP contribution in [0.1, 0.15) is 22.7 Å². The molecule has 0 aliphatic rings. The van der Waals surface area contributed by atoms with Gasteiger partial charge in [-0.3, -0.25) is 14.5 Å². The van der Waals surface area contributed by atoms with Crippen molar-refractivity contribution in [1.29, 1.82) is 0 Å². The van der Waals surface area contributed by atoms with Gasteiger partial charge in [-0.2, -0.15) is 0 Å². The van der Waals surface area contributed by atoms with E-state index in [-0.39, 0.29) is 19.0 Å². The summed E-state index contributed by atoms with van der Waals surface area (Å²) in [6.07, 6.45) is 0. The zero-order chi connectivity index (χ0) is 25.7. The van der Waals surface area contributed by atoms with Crippen LogP contribution in [0.15, 0.2) is 66.7 Å². The van der Waals surface area contributed by atoms with E-state index in [1.165, 1.54) is 41.0 Å². The van der Waals surface area contributed by atoms with Crippen molar-refractivity contribution in [1.82, 2.24) is 20.3 Å². The quantitative estimate of drug-likeness (QED) is 0.362. The van der Waals surface area contributed by atoms with E-state index in [1.54, 1.807) is 6.07 Å². The molecule has 1 aromatic heterocycles. The number of hydrogen-bond donors (Lipinski definition) is 1. The van der Waals surface area contributed by atoms with Gasteiger partial charge in [0.15, 0.2) is 0 Å². The molecule has 1 atom stereocenters. The zero-order valence-electron chi connectivity index (χ0n) is 20.4. The van der Waals surface area contributed by atoms with Crippen molar-refractivity contribution in [3.05, 3.63) is 89.2 Å². The van der Waals surface area contributed by atoms with E-state index in [0.29, 0.717) is 28.9 Å². The number of carbonyl (C=O) groups excluding carboxylic acids is 2. The molecule has 36 heavy (non-hydrogen) atoms.